The van der Waals surface area contributed by atoms with Crippen LogP contribution in [0.2, 0.25) is 0 Å². The molecule has 0 saturated heterocycles. The lowest BCUT2D eigenvalue weighted by molar-refractivity contribution is -0.390. The fourth-order valence-electron chi connectivity index (χ4n) is 1.61. The number of rotatable bonds is 6. The molecule has 1 heterocycles. The van der Waals surface area contributed by atoms with Gasteiger partial charge in [0.05, 0.1) is 12.4 Å². The summed E-state index contributed by atoms with van der Waals surface area (Å²) >= 11 is 0. The molecule has 0 aliphatic carbocycles. The van der Waals surface area contributed by atoms with E-state index in [1.54, 1.807) is 0 Å². The van der Waals surface area contributed by atoms with Crippen LogP contribution >= 0.6 is 10.7 Å². The molecule has 118 valence electrons. The van der Waals surface area contributed by atoms with Crippen molar-refractivity contribution in [3.05, 3.63) is 28.4 Å². The summed E-state index contributed by atoms with van der Waals surface area (Å²) in [5.41, 5.74) is -0.390. The first-order valence-electron chi connectivity index (χ1n) is 6.15. The predicted molar refractivity (Wildman–Crippen MR) is 79.0 cm³/mol. The minimum Gasteiger partial charge on any atom is -0.485 e. The van der Waals surface area contributed by atoms with E-state index in [4.69, 9.17) is 15.4 Å². The zero-order valence-corrected chi connectivity index (χ0v) is 13.5. The molecule has 1 unspecified atom stereocenters. The van der Waals surface area contributed by atoms with E-state index in [9.17, 15) is 18.5 Å². The van der Waals surface area contributed by atoms with Crippen molar-refractivity contribution in [1.29, 1.82) is 0 Å². The SMILES string of the molecule is CC(C)(C)C(COc1cccnc1[N+](=O)[O-])CS(=O)(=O)Cl. The number of halogens is 1. The average molecular weight is 337 g/mol. The highest BCUT2D eigenvalue weighted by Gasteiger charge is 2.30. The normalized spacial score (nSPS) is 13.7. The van der Waals surface area contributed by atoms with Crippen molar-refractivity contribution < 1.29 is 18.1 Å². The molecule has 1 rings (SSSR count). The molecule has 0 saturated carbocycles. The molecule has 0 aromatic carbocycles. The molecule has 0 aliphatic rings. The van der Waals surface area contributed by atoms with Crippen LogP contribution in [0.15, 0.2) is 18.3 Å². The predicted octanol–water partition coefficient (Wildman–Crippen LogP) is 2.60. The van der Waals surface area contributed by atoms with E-state index < -0.39 is 25.7 Å². The molecular weight excluding hydrogens is 320 g/mol. The van der Waals surface area contributed by atoms with E-state index >= 15 is 0 Å². The Morgan fingerprint density at radius 1 is 1.48 bits per heavy atom. The van der Waals surface area contributed by atoms with Crippen molar-refractivity contribution >= 4 is 25.6 Å². The Bertz CT molecular complexity index is 612. The summed E-state index contributed by atoms with van der Waals surface area (Å²) in [5.74, 6) is -1.09. The van der Waals surface area contributed by atoms with Crippen LogP contribution in [0, 0.1) is 21.4 Å². The van der Waals surface area contributed by atoms with Gasteiger partial charge in [0, 0.05) is 16.6 Å². The first-order valence-corrected chi connectivity index (χ1v) is 8.63. The minimum atomic E-state index is -3.69. The molecule has 7 nitrogen and oxygen atoms in total. The van der Waals surface area contributed by atoms with Gasteiger partial charge >= 0.3 is 5.82 Å². The summed E-state index contributed by atoms with van der Waals surface area (Å²) < 4.78 is 27.9. The quantitative estimate of drug-likeness (QED) is 0.449. The van der Waals surface area contributed by atoms with Crippen LogP contribution in [-0.2, 0) is 9.05 Å². The van der Waals surface area contributed by atoms with Crippen LogP contribution in [0.5, 0.6) is 5.75 Å². The lowest BCUT2D eigenvalue weighted by Gasteiger charge is -2.29. The standard InChI is InChI=1S/C12H17ClN2O5S/c1-12(2,3)9(8-21(13,18)19)7-20-10-5-4-6-14-11(10)15(16)17/h4-6,9H,7-8H2,1-3H3. The summed E-state index contributed by atoms with van der Waals surface area (Å²) in [5, 5.41) is 10.8. The molecular formula is C12H17ClN2O5S. The Kier molecular flexibility index (Phi) is 5.52. The number of nitrogens with zero attached hydrogens (tertiary/aromatic N) is 2. The molecule has 0 bridgehead atoms. The average Bonchev–Trinajstić information content (AvgIpc) is 2.32. The van der Waals surface area contributed by atoms with Gasteiger partial charge in [-0.15, -0.1) is 0 Å². The molecule has 0 radical (unpaired) electrons. The van der Waals surface area contributed by atoms with Crippen LogP contribution in [-0.4, -0.2) is 30.7 Å². The van der Waals surface area contributed by atoms with E-state index in [1.165, 1.54) is 18.3 Å². The topological polar surface area (TPSA) is 99.4 Å². The summed E-state index contributed by atoms with van der Waals surface area (Å²) in [6.07, 6.45) is 1.29. The van der Waals surface area contributed by atoms with Crippen molar-refractivity contribution in [2.75, 3.05) is 12.4 Å². The minimum absolute atomic E-state index is 0.00344. The Hall–Kier alpha value is -1.41. The highest BCUT2D eigenvalue weighted by atomic mass is 35.7. The number of ether oxygens (including phenoxy) is 1. The van der Waals surface area contributed by atoms with E-state index in [1.807, 2.05) is 20.8 Å². The van der Waals surface area contributed by atoms with Crippen molar-refractivity contribution in [2.45, 2.75) is 20.8 Å². The zero-order valence-electron chi connectivity index (χ0n) is 11.9. The Morgan fingerprint density at radius 2 is 2.10 bits per heavy atom. The van der Waals surface area contributed by atoms with Gasteiger partial charge in [-0.3, -0.25) is 0 Å². The number of hydrogen-bond acceptors (Lipinski definition) is 6. The number of pyridine rings is 1. The first kappa shape index (κ1) is 17.6. The lowest BCUT2D eigenvalue weighted by atomic mass is 9.82. The maximum absolute atomic E-state index is 11.3. The molecule has 0 amide bonds. The van der Waals surface area contributed by atoms with Crippen molar-refractivity contribution in [3.63, 3.8) is 0 Å². The molecule has 0 aliphatic heterocycles. The number of aromatic nitrogens is 1. The maximum atomic E-state index is 11.3. The lowest BCUT2D eigenvalue weighted by Crippen LogP contribution is -2.32. The molecule has 9 heteroatoms. The molecule has 0 N–H and O–H groups in total. The molecule has 0 spiro atoms. The van der Waals surface area contributed by atoms with Gasteiger partial charge in [-0.1, -0.05) is 20.8 Å². The highest BCUT2D eigenvalue weighted by molar-refractivity contribution is 8.13. The maximum Gasteiger partial charge on any atom is 0.406 e. The summed E-state index contributed by atoms with van der Waals surface area (Å²) in [7, 11) is 1.60. The molecule has 21 heavy (non-hydrogen) atoms. The molecule has 0 fully saturated rings. The van der Waals surface area contributed by atoms with Gasteiger partial charge in [0.15, 0.2) is 0 Å². The van der Waals surface area contributed by atoms with Crippen LogP contribution in [0.4, 0.5) is 5.82 Å². The number of nitro groups is 1. The molecule has 1 aromatic heterocycles. The third-order valence-electron chi connectivity index (χ3n) is 2.99. The summed E-state index contributed by atoms with van der Waals surface area (Å²) in [6.45, 7) is 5.53. The van der Waals surface area contributed by atoms with Crippen LogP contribution < -0.4 is 4.74 Å². The van der Waals surface area contributed by atoms with Gasteiger partial charge in [-0.25, -0.2) is 8.42 Å². The fraction of sp³-hybridized carbons (Fsp3) is 0.583. The van der Waals surface area contributed by atoms with E-state index in [2.05, 4.69) is 4.98 Å². The van der Waals surface area contributed by atoms with E-state index in [-0.39, 0.29) is 23.5 Å². The van der Waals surface area contributed by atoms with E-state index in [0.29, 0.717) is 0 Å². The zero-order chi connectivity index (χ0) is 16.3. The van der Waals surface area contributed by atoms with Gasteiger partial charge < -0.3 is 14.9 Å². The Labute approximate surface area is 127 Å². The number of hydrogen-bond donors (Lipinski definition) is 0. The van der Waals surface area contributed by atoms with Crippen LogP contribution in [0.3, 0.4) is 0 Å². The second-order valence-electron chi connectivity index (χ2n) is 5.66. The fourth-order valence-corrected chi connectivity index (χ4v) is 3.14. The van der Waals surface area contributed by atoms with Crippen molar-refractivity contribution in [2.24, 2.45) is 11.3 Å². The Balaban J connectivity index is 2.90. The van der Waals surface area contributed by atoms with Gasteiger partial charge in [0.1, 0.15) is 6.20 Å². The third-order valence-corrected chi connectivity index (χ3v) is 4.17. The van der Waals surface area contributed by atoms with Gasteiger partial charge in [-0.2, -0.15) is 0 Å². The van der Waals surface area contributed by atoms with Gasteiger partial charge in [0.25, 0.3) is 0 Å². The Morgan fingerprint density at radius 3 is 2.57 bits per heavy atom. The first-order chi connectivity index (χ1) is 9.50. The molecule has 1 aromatic rings. The monoisotopic (exact) mass is 336 g/mol. The highest BCUT2D eigenvalue weighted by Crippen LogP contribution is 2.30. The molecule has 1 atom stereocenters. The van der Waals surface area contributed by atoms with Crippen molar-refractivity contribution in [1.82, 2.24) is 4.98 Å². The summed E-state index contributed by atoms with van der Waals surface area (Å²) in [4.78, 5) is 13.8. The van der Waals surface area contributed by atoms with E-state index in [0.717, 1.165) is 0 Å². The smallest absolute Gasteiger partial charge is 0.406 e. The van der Waals surface area contributed by atoms with Gasteiger partial charge in [0.2, 0.25) is 14.8 Å². The van der Waals surface area contributed by atoms with Crippen LogP contribution in [0.1, 0.15) is 20.8 Å². The van der Waals surface area contributed by atoms with Crippen LogP contribution in [0.25, 0.3) is 0 Å². The van der Waals surface area contributed by atoms with Gasteiger partial charge in [-0.05, 0) is 27.5 Å². The summed E-state index contributed by atoms with van der Waals surface area (Å²) in [6, 6.07) is 2.92. The second-order valence-corrected chi connectivity index (χ2v) is 8.48. The second kappa shape index (κ2) is 6.57. The third kappa shape index (κ3) is 5.84. The largest absolute Gasteiger partial charge is 0.485 e. The van der Waals surface area contributed by atoms with Crippen molar-refractivity contribution in [3.8, 4) is 5.75 Å².